The van der Waals surface area contributed by atoms with Crippen molar-refractivity contribution in [2.45, 2.75) is 12.3 Å². The number of rotatable bonds is 2. The van der Waals surface area contributed by atoms with Gasteiger partial charge >= 0.3 is 0 Å². The lowest BCUT2D eigenvalue weighted by Crippen LogP contribution is -2.13. The van der Waals surface area contributed by atoms with Gasteiger partial charge in [0.15, 0.2) is 5.69 Å². The molecule has 2 aliphatic rings. The second kappa shape index (κ2) is 4.34. The molecule has 4 rings (SSSR count). The molecule has 0 radical (unpaired) electrons. The summed E-state index contributed by atoms with van der Waals surface area (Å²) >= 11 is 0. The van der Waals surface area contributed by atoms with Gasteiger partial charge in [0.1, 0.15) is 0 Å². The number of nitrogens with one attached hydrogen (secondary N) is 1. The molecule has 1 atom stereocenters. The SMILES string of the molecule is O=C(c1n[nH]c2c1C=CC(c1ccccc1)C2)N1CC1. The summed E-state index contributed by atoms with van der Waals surface area (Å²) in [4.78, 5) is 13.9. The van der Waals surface area contributed by atoms with Crippen LogP contribution in [0.1, 0.15) is 33.2 Å². The van der Waals surface area contributed by atoms with Crippen LogP contribution in [0, 0.1) is 0 Å². The highest BCUT2D eigenvalue weighted by atomic mass is 16.2. The van der Waals surface area contributed by atoms with Gasteiger partial charge in [-0.05, 0) is 5.56 Å². The molecule has 1 N–H and O–H groups in total. The number of carbonyl (C=O) groups is 1. The molecule has 2 heterocycles. The van der Waals surface area contributed by atoms with Crippen LogP contribution < -0.4 is 0 Å². The fraction of sp³-hybridized carbons (Fsp3) is 0.250. The van der Waals surface area contributed by atoms with Crippen molar-refractivity contribution in [2.75, 3.05) is 13.1 Å². The summed E-state index contributed by atoms with van der Waals surface area (Å²) in [6, 6.07) is 10.4. The van der Waals surface area contributed by atoms with E-state index in [4.69, 9.17) is 0 Å². The van der Waals surface area contributed by atoms with Gasteiger partial charge in [-0.3, -0.25) is 9.89 Å². The molecule has 1 fully saturated rings. The molecule has 2 aromatic rings. The third-order valence-corrected chi connectivity index (χ3v) is 3.97. The number of fused-ring (bicyclic) bond motifs is 1. The number of carbonyl (C=O) groups excluding carboxylic acids is 1. The Hall–Kier alpha value is -2.36. The zero-order valence-corrected chi connectivity index (χ0v) is 11.0. The maximum Gasteiger partial charge on any atom is 0.275 e. The number of benzene rings is 1. The molecule has 100 valence electrons. The first-order valence-corrected chi connectivity index (χ1v) is 6.92. The monoisotopic (exact) mass is 265 g/mol. The fourth-order valence-electron chi connectivity index (χ4n) is 2.72. The summed E-state index contributed by atoms with van der Waals surface area (Å²) in [7, 11) is 0. The van der Waals surface area contributed by atoms with E-state index in [0.717, 1.165) is 30.8 Å². The lowest BCUT2D eigenvalue weighted by molar-refractivity contribution is 0.0880. The van der Waals surface area contributed by atoms with E-state index in [2.05, 4.69) is 40.5 Å². The van der Waals surface area contributed by atoms with Gasteiger partial charge in [0.2, 0.25) is 0 Å². The molecular formula is C16H15N3O. The van der Waals surface area contributed by atoms with E-state index in [-0.39, 0.29) is 5.91 Å². The lowest BCUT2D eigenvalue weighted by Gasteiger charge is -2.17. The van der Waals surface area contributed by atoms with Gasteiger partial charge in [-0.25, -0.2) is 0 Å². The smallest absolute Gasteiger partial charge is 0.275 e. The summed E-state index contributed by atoms with van der Waals surface area (Å²) in [5.41, 5.74) is 3.89. The van der Waals surface area contributed by atoms with E-state index in [9.17, 15) is 4.79 Å². The number of nitrogens with zero attached hydrogens (tertiary/aromatic N) is 2. The van der Waals surface area contributed by atoms with Crippen LogP contribution in [0.4, 0.5) is 0 Å². The van der Waals surface area contributed by atoms with Gasteiger partial charge in [0.05, 0.1) is 0 Å². The van der Waals surface area contributed by atoms with E-state index < -0.39 is 0 Å². The van der Waals surface area contributed by atoms with Crippen LogP contribution in [0.3, 0.4) is 0 Å². The van der Waals surface area contributed by atoms with Gasteiger partial charge in [-0.15, -0.1) is 0 Å². The zero-order valence-electron chi connectivity index (χ0n) is 11.0. The van der Waals surface area contributed by atoms with Crippen LogP contribution in [-0.4, -0.2) is 34.1 Å². The molecule has 0 spiro atoms. The number of aromatic nitrogens is 2. The second-order valence-electron chi connectivity index (χ2n) is 5.34. The van der Waals surface area contributed by atoms with E-state index in [1.54, 1.807) is 4.90 Å². The largest absolute Gasteiger partial charge is 0.334 e. The molecule has 1 saturated heterocycles. The standard InChI is InChI=1S/C16H15N3O/c20-16(19-8-9-19)15-13-7-6-12(10-14(13)17-18-15)11-4-2-1-3-5-11/h1-7,12H,8-10H2,(H,17,18). The molecule has 0 bridgehead atoms. The highest BCUT2D eigenvalue weighted by Crippen LogP contribution is 2.31. The minimum Gasteiger partial charge on any atom is -0.334 e. The number of hydrogen-bond donors (Lipinski definition) is 1. The molecule has 1 aromatic heterocycles. The van der Waals surface area contributed by atoms with Crippen LogP contribution in [0.2, 0.25) is 0 Å². The van der Waals surface area contributed by atoms with Crippen LogP contribution in [-0.2, 0) is 6.42 Å². The van der Waals surface area contributed by atoms with Crippen molar-refractivity contribution in [2.24, 2.45) is 0 Å². The first kappa shape index (κ1) is 11.5. The first-order chi connectivity index (χ1) is 9.83. The average molecular weight is 265 g/mol. The third-order valence-electron chi connectivity index (χ3n) is 3.97. The quantitative estimate of drug-likeness (QED) is 0.846. The Morgan fingerprint density at radius 3 is 2.80 bits per heavy atom. The summed E-state index contributed by atoms with van der Waals surface area (Å²) in [5, 5.41) is 7.26. The molecule has 4 heteroatoms. The molecule has 0 saturated carbocycles. The topological polar surface area (TPSA) is 48.8 Å². The summed E-state index contributed by atoms with van der Waals surface area (Å²) in [6.07, 6.45) is 5.08. The van der Waals surface area contributed by atoms with Crippen molar-refractivity contribution in [3.63, 3.8) is 0 Å². The number of allylic oxidation sites excluding steroid dienone is 1. The predicted molar refractivity (Wildman–Crippen MR) is 76.4 cm³/mol. The first-order valence-electron chi connectivity index (χ1n) is 6.92. The molecular weight excluding hydrogens is 250 g/mol. The van der Waals surface area contributed by atoms with Crippen molar-refractivity contribution in [3.05, 3.63) is 58.9 Å². The minimum absolute atomic E-state index is 0.0466. The molecule has 20 heavy (non-hydrogen) atoms. The van der Waals surface area contributed by atoms with Gasteiger partial charge < -0.3 is 4.90 Å². The third kappa shape index (κ3) is 1.84. The van der Waals surface area contributed by atoms with Crippen LogP contribution in [0.15, 0.2) is 36.4 Å². The normalized spacial score (nSPS) is 19.8. The van der Waals surface area contributed by atoms with Gasteiger partial charge in [0, 0.05) is 36.7 Å². The molecule has 1 unspecified atom stereocenters. The van der Waals surface area contributed by atoms with Gasteiger partial charge in [0.25, 0.3) is 5.91 Å². The summed E-state index contributed by atoms with van der Waals surface area (Å²) < 4.78 is 0. The zero-order chi connectivity index (χ0) is 13.5. The van der Waals surface area contributed by atoms with Crippen molar-refractivity contribution >= 4 is 12.0 Å². The van der Waals surface area contributed by atoms with Crippen molar-refractivity contribution < 1.29 is 4.79 Å². The van der Waals surface area contributed by atoms with E-state index in [1.165, 1.54) is 5.56 Å². The van der Waals surface area contributed by atoms with Crippen molar-refractivity contribution in [1.82, 2.24) is 15.1 Å². The molecule has 1 aliphatic carbocycles. The maximum absolute atomic E-state index is 12.1. The highest BCUT2D eigenvalue weighted by Gasteiger charge is 2.31. The number of amides is 1. The number of hydrogen-bond acceptors (Lipinski definition) is 2. The Labute approximate surface area is 117 Å². The highest BCUT2D eigenvalue weighted by molar-refractivity contribution is 5.97. The molecule has 4 nitrogen and oxygen atoms in total. The Bertz CT molecular complexity index is 683. The fourth-order valence-corrected chi connectivity index (χ4v) is 2.72. The maximum atomic E-state index is 12.1. The molecule has 1 aromatic carbocycles. The summed E-state index contributed by atoms with van der Waals surface area (Å²) in [5.74, 6) is 0.402. The Kier molecular flexibility index (Phi) is 2.49. The van der Waals surface area contributed by atoms with Crippen molar-refractivity contribution in [3.8, 4) is 0 Å². The number of H-pyrrole nitrogens is 1. The van der Waals surface area contributed by atoms with Crippen molar-refractivity contribution in [1.29, 1.82) is 0 Å². The number of aromatic amines is 1. The second-order valence-corrected chi connectivity index (χ2v) is 5.34. The Balaban J connectivity index is 1.64. The summed E-state index contributed by atoms with van der Waals surface area (Å²) in [6.45, 7) is 1.72. The molecule has 1 amide bonds. The molecule has 1 aliphatic heterocycles. The Morgan fingerprint density at radius 2 is 2.05 bits per heavy atom. The van der Waals surface area contributed by atoms with Crippen LogP contribution >= 0.6 is 0 Å². The minimum atomic E-state index is 0.0466. The van der Waals surface area contributed by atoms with Gasteiger partial charge in [-0.1, -0.05) is 42.5 Å². The van der Waals surface area contributed by atoms with E-state index in [1.807, 2.05) is 12.1 Å². The Morgan fingerprint density at radius 1 is 1.25 bits per heavy atom. The average Bonchev–Trinajstić information content (AvgIpc) is 3.27. The predicted octanol–water partition coefficient (Wildman–Crippen LogP) is 2.22. The van der Waals surface area contributed by atoms with Crippen LogP contribution in [0.25, 0.3) is 6.08 Å². The van der Waals surface area contributed by atoms with Crippen LogP contribution in [0.5, 0.6) is 0 Å². The van der Waals surface area contributed by atoms with E-state index >= 15 is 0 Å². The van der Waals surface area contributed by atoms with Gasteiger partial charge in [-0.2, -0.15) is 5.10 Å². The lowest BCUT2D eigenvalue weighted by atomic mass is 9.88. The van der Waals surface area contributed by atoms with E-state index in [0.29, 0.717) is 11.6 Å².